The first-order valence-corrected chi connectivity index (χ1v) is 7.27. The molecule has 0 saturated carbocycles. The van der Waals surface area contributed by atoms with Crippen LogP contribution in [0.25, 0.3) is 0 Å². The number of benzene rings is 1. The van der Waals surface area contributed by atoms with Gasteiger partial charge < -0.3 is 4.57 Å². The maximum absolute atomic E-state index is 12.0. The molecular formula is C15H13Cl2N3O2. The number of hydrogen-bond donors (Lipinski definition) is 1. The summed E-state index contributed by atoms with van der Waals surface area (Å²) in [6, 6.07) is 8.11. The summed E-state index contributed by atoms with van der Waals surface area (Å²) in [4.78, 5) is 24.0. The van der Waals surface area contributed by atoms with Crippen LogP contribution in [0.5, 0.6) is 0 Å². The van der Waals surface area contributed by atoms with Crippen molar-refractivity contribution < 1.29 is 4.79 Å². The number of hydrazone groups is 1. The van der Waals surface area contributed by atoms with Crippen molar-refractivity contribution in [2.75, 3.05) is 0 Å². The van der Waals surface area contributed by atoms with Gasteiger partial charge in [0.25, 0.3) is 11.5 Å². The van der Waals surface area contributed by atoms with Crippen LogP contribution in [-0.2, 0) is 6.54 Å². The molecule has 0 aliphatic rings. The lowest BCUT2D eigenvalue weighted by Crippen LogP contribution is -2.30. The van der Waals surface area contributed by atoms with Gasteiger partial charge in [-0.15, -0.1) is 0 Å². The second-order valence-corrected chi connectivity index (χ2v) is 5.16. The maximum Gasteiger partial charge on any atom is 0.276 e. The van der Waals surface area contributed by atoms with E-state index in [1.807, 2.05) is 6.92 Å². The van der Waals surface area contributed by atoms with Gasteiger partial charge in [0.15, 0.2) is 0 Å². The van der Waals surface area contributed by atoms with E-state index >= 15 is 0 Å². The standard InChI is InChI=1S/C15H13Cl2N3O2/c1-2-20-8-4-5-10(15(20)22)14(21)19-18-9-11-12(16)6-3-7-13(11)17/h3-9H,2H2,1H3,(H,19,21)/b18-9-. The molecule has 22 heavy (non-hydrogen) atoms. The van der Waals surface area contributed by atoms with Crippen molar-refractivity contribution in [1.29, 1.82) is 0 Å². The van der Waals surface area contributed by atoms with E-state index in [1.54, 1.807) is 30.5 Å². The third kappa shape index (κ3) is 3.55. The van der Waals surface area contributed by atoms with E-state index in [-0.39, 0.29) is 11.1 Å². The summed E-state index contributed by atoms with van der Waals surface area (Å²) in [5, 5.41) is 4.63. The Bertz CT molecular complexity index is 764. The zero-order chi connectivity index (χ0) is 16.1. The first kappa shape index (κ1) is 16.3. The molecule has 0 radical (unpaired) electrons. The molecule has 1 amide bonds. The van der Waals surface area contributed by atoms with Gasteiger partial charge in [-0.05, 0) is 31.2 Å². The fourth-order valence-corrected chi connectivity index (χ4v) is 2.30. The lowest BCUT2D eigenvalue weighted by atomic mass is 10.2. The van der Waals surface area contributed by atoms with E-state index in [2.05, 4.69) is 10.5 Å². The maximum atomic E-state index is 12.0. The van der Waals surface area contributed by atoms with Crippen molar-refractivity contribution in [3.8, 4) is 0 Å². The molecule has 1 N–H and O–H groups in total. The summed E-state index contributed by atoms with van der Waals surface area (Å²) in [7, 11) is 0. The van der Waals surface area contributed by atoms with Gasteiger partial charge in [0.2, 0.25) is 0 Å². The molecule has 0 atom stereocenters. The molecule has 2 aromatic rings. The minimum atomic E-state index is -0.591. The van der Waals surface area contributed by atoms with Crippen molar-refractivity contribution in [3.63, 3.8) is 0 Å². The van der Waals surface area contributed by atoms with E-state index in [0.717, 1.165) is 0 Å². The van der Waals surface area contributed by atoms with Crippen molar-refractivity contribution in [3.05, 3.63) is 68.1 Å². The normalized spacial score (nSPS) is 10.9. The summed E-state index contributed by atoms with van der Waals surface area (Å²) in [6.45, 7) is 2.30. The summed E-state index contributed by atoms with van der Waals surface area (Å²) in [5.41, 5.74) is 2.44. The molecule has 0 bridgehead atoms. The SMILES string of the molecule is CCn1cccc(C(=O)N/N=C\c2c(Cl)cccc2Cl)c1=O. The number of amides is 1. The van der Waals surface area contributed by atoms with Crippen LogP contribution in [-0.4, -0.2) is 16.7 Å². The highest BCUT2D eigenvalue weighted by Crippen LogP contribution is 2.21. The van der Waals surface area contributed by atoms with Gasteiger partial charge in [0.1, 0.15) is 5.56 Å². The zero-order valence-electron chi connectivity index (χ0n) is 11.7. The number of carbonyl (C=O) groups is 1. The van der Waals surface area contributed by atoms with E-state index in [9.17, 15) is 9.59 Å². The Morgan fingerprint density at radius 1 is 1.27 bits per heavy atom. The average Bonchev–Trinajstić information content (AvgIpc) is 2.50. The lowest BCUT2D eigenvalue weighted by molar-refractivity contribution is 0.0953. The number of hydrogen-bond acceptors (Lipinski definition) is 3. The molecule has 0 fully saturated rings. The van der Waals surface area contributed by atoms with Crippen LogP contribution in [0.1, 0.15) is 22.8 Å². The van der Waals surface area contributed by atoms with Crippen LogP contribution in [0.2, 0.25) is 10.0 Å². The highest BCUT2D eigenvalue weighted by Gasteiger charge is 2.10. The van der Waals surface area contributed by atoms with Gasteiger partial charge in [0.05, 0.1) is 16.3 Å². The van der Waals surface area contributed by atoms with E-state index in [0.29, 0.717) is 22.2 Å². The highest BCUT2D eigenvalue weighted by molar-refractivity contribution is 6.38. The number of nitrogens with zero attached hydrogens (tertiary/aromatic N) is 2. The molecule has 114 valence electrons. The molecule has 0 spiro atoms. The lowest BCUT2D eigenvalue weighted by Gasteiger charge is -2.04. The molecule has 2 rings (SSSR count). The minimum Gasteiger partial charge on any atom is -0.315 e. The third-order valence-electron chi connectivity index (χ3n) is 2.96. The number of nitrogens with one attached hydrogen (secondary N) is 1. The monoisotopic (exact) mass is 337 g/mol. The summed E-state index contributed by atoms with van der Waals surface area (Å²) >= 11 is 12.0. The Balaban J connectivity index is 2.17. The Morgan fingerprint density at radius 3 is 2.59 bits per heavy atom. The van der Waals surface area contributed by atoms with Gasteiger partial charge in [-0.1, -0.05) is 29.3 Å². The Kier molecular flexibility index (Phi) is 5.35. The second-order valence-electron chi connectivity index (χ2n) is 4.35. The van der Waals surface area contributed by atoms with Crippen molar-refractivity contribution in [1.82, 2.24) is 9.99 Å². The van der Waals surface area contributed by atoms with Crippen LogP contribution < -0.4 is 11.0 Å². The molecule has 5 nitrogen and oxygen atoms in total. The topological polar surface area (TPSA) is 63.5 Å². The predicted octanol–water partition coefficient (Wildman–Crippen LogP) is 2.94. The fourth-order valence-electron chi connectivity index (χ4n) is 1.81. The molecule has 0 aliphatic heterocycles. The largest absolute Gasteiger partial charge is 0.315 e. The number of aryl methyl sites for hydroxylation is 1. The van der Waals surface area contributed by atoms with Crippen LogP contribution in [0, 0.1) is 0 Å². The van der Waals surface area contributed by atoms with Gasteiger partial charge in [0, 0.05) is 18.3 Å². The Labute approximate surface area is 137 Å². The van der Waals surface area contributed by atoms with Crippen LogP contribution in [0.4, 0.5) is 0 Å². The third-order valence-corrected chi connectivity index (χ3v) is 3.62. The van der Waals surface area contributed by atoms with Crippen LogP contribution >= 0.6 is 23.2 Å². The van der Waals surface area contributed by atoms with Gasteiger partial charge >= 0.3 is 0 Å². The number of aromatic nitrogens is 1. The molecule has 7 heteroatoms. The number of rotatable bonds is 4. The van der Waals surface area contributed by atoms with Crippen molar-refractivity contribution in [2.45, 2.75) is 13.5 Å². The van der Waals surface area contributed by atoms with Gasteiger partial charge in [-0.25, -0.2) is 5.43 Å². The number of carbonyl (C=O) groups excluding carboxylic acids is 1. The summed E-state index contributed by atoms with van der Waals surface area (Å²) in [5.74, 6) is -0.591. The zero-order valence-corrected chi connectivity index (χ0v) is 13.2. The average molecular weight is 338 g/mol. The Hall–Kier alpha value is -2.11. The van der Waals surface area contributed by atoms with Crippen molar-refractivity contribution >= 4 is 35.3 Å². The molecule has 1 aromatic heterocycles. The van der Waals surface area contributed by atoms with E-state index < -0.39 is 5.91 Å². The number of halogens is 2. The van der Waals surface area contributed by atoms with E-state index in [4.69, 9.17) is 23.2 Å². The van der Waals surface area contributed by atoms with Crippen LogP contribution in [0.15, 0.2) is 46.4 Å². The molecule has 0 aliphatic carbocycles. The fraction of sp³-hybridized carbons (Fsp3) is 0.133. The first-order valence-electron chi connectivity index (χ1n) is 6.51. The molecular weight excluding hydrogens is 325 g/mol. The predicted molar refractivity (Wildman–Crippen MR) is 87.9 cm³/mol. The second kappa shape index (κ2) is 7.24. The highest BCUT2D eigenvalue weighted by atomic mass is 35.5. The molecule has 0 saturated heterocycles. The van der Waals surface area contributed by atoms with Crippen molar-refractivity contribution in [2.24, 2.45) is 5.10 Å². The smallest absolute Gasteiger partial charge is 0.276 e. The minimum absolute atomic E-state index is 0.0201. The first-order chi connectivity index (χ1) is 10.5. The molecule has 1 aromatic carbocycles. The number of pyridine rings is 1. The Morgan fingerprint density at radius 2 is 1.95 bits per heavy atom. The van der Waals surface area contributed by atoms with Gasteiger partial charge in [-0.3, -0.25) is 9.59 Å². The molecule has 0 unspecified atom stereocenters. The van der Waals surface area contributed by atoms with Crippen LogP contribution in [0.3, 0.4) is 0 Å². The van der Waals surface area contributed by atoms with Gasteiger partial charge in [-0.2, -0.15) is 5.10 Å². The summed E-state index contributed by atoms with van der Waals surface area (Å²) < 4.78 is 1.43. The van der Waals surface area contributed by atoms with E-state index in [1.165, 1.54) is 16.8 Å². The summed E-state index contributed by atoms with van der Waals surface area (Å²) in [6.07, 6.45) is 2.95. The molecule has 1 heterocycles. The quantitative estimate of drug-likeness (QED) is 0.688.